The van der Waals surface area contributed by atoms with Crippen molar-refractivity contribution in [1.82, 2.24) is 5.32 Å². The fraction of sp³-hybridized carbons (Fsp3) is 0.529. The molecule has 0 aromatic heterocycles. The van der Waals surface area contributed by atoms with Crippen LogP contribution in [0.1, 0.15) is 43.6 Å². The van der Waals surface area contributed by atoms with Crippen molar-refractivity contribution in [3.8, 4) is 0 Å². The lowest BCUT2D eigenvalue weighted by Crippen LogP contribution is -2.43. The molecule has 0 spiro atoms. The molecule has 8 heteroatoms. The van der Waals surface area contributed by atoms with Crippen molar-refractivity contribution in [1.29, 1.82) is 0 Å². The topological polar surface area (TPSA) is 78.4 Å². The smallest absolute Gasteiger partial charge is 0.475 e. The van der Waals surface area contributed by atoms with E-state index in [1.54, 1.807) is 0 Å². The van der Waals surface area contributed by atoms with Crippen molar-refractivity contribution in [3.63, 3.8) is 0 Å². The summed E-state index contributed by atoms with van der Waals surface area (Å²) in [6.45, 7) is 0.957. The summed E-state index contributed by atoms with van der Waals surface area (Å²) >= 11 is 0. The van der Waals surface area contributed by atoms with Gasteiger partial charge >= 0.3 is 12.1 Å². The number of piperidine rings is 1. The van der Waals surface area contributed by atoms with Crippen LogP contribution in [0.15, 0.2) is 24.3 Å². The first kappa shape index (κ1) is 19.2. The van der Waals surface area contributed by atoms with Crippen LogP contribution < -0.4 is 10.6 Å². The number of rotatable bonds is 3. The van der Waals surface area contributed by atoms with Gasteiger partial charge in [0.25, 0.3) is 0 Å². The summed E-state index contributed by atoms with van der Waals surface area (Å²) in [4.78, 5) is 20.9. The number of hydrogen-bond donors (Lipinski definition) is 3. The second-order valence-electron chi connectivity index (χ2n) is 6.19. The average Bonchev–Trinajstić information content (AvgIpc) is 3.41. The minimum absolute atomic E-state index is 0.0122. The number of carbonyl (C=O) groups excluding carboxylic acids is 1. The number of benzene rings is 1. The summed E-state index contributed by atoms with van der Waals surface area (Å²) in [5.41, 5.74) is 2.32. The molecule has 1 heterocycles. The van der Waals surface area contributed by atoms with Crippen LogP contribution in [0.5, 0.6) is 0 Å². The number of hydrogen-bond acceptors (Lipinski definition) is 3. The molecule has 138 valence electrons. The van der Waals surface area contributed by atoms with Crippen LogP contribution in [0.3, 0.4) is 0 Å². The third kappa shape index (κ3) is 6.38. The number of carbonyl (C=O) groups is 2. The molecule has 0 radical (unpaired) electrons. The molecular formula is C17H21F3N2O3. The Morgan fingerprint density at radius 3 is 2.12 bits per heavy atom. The predicted octanol–water partition coefficient (Wildman–Crippen LogP) is 3.28. The zero-order chi connectivity index (χ0) is 18.4. The quantitative estimate of drug-likeness (QED) is 0.775. The molecule has 1 amide bonds. The molecule has 3 N–H and O–H groups in total. The molecule has 1 aliphatic heterocycles. The lowest BCUT2D eigenvalue weighted by Gasteiger charge is -2.22. The van der Waals surface area contributed by atoms with E-state index in [-0.39, 0.29) is 11.9 Å². The Morgan fingerprint density at radius 1 is 1.08 bits per heavy atom. The zero-order valence-corrected chi connectivity index (χ0v) is 13.6. The lowest BCUT2D eigenvalue weighted by atomic mass is 10.0. The molecular weight excluding hydrogens is 337 g/mol. The first-order valence-corrected chi connectivity index (χ1v) is 8.21. The standard InChI is InChI=1S/C15H20N2O.C2HF3O2/c18-15(14-3-1-2-10-16-14)17-13-8-6-12(7-9-13)11-4-5-11;3-2(4,5)1(6)7/h6-9,11,14,16H,1-5,10H2,(H,17,18);(H,6,7)/t14-;/m1./s1. The highest BCUT2D eigenvalue weighted by Gasteiger charge is 2.38. The van der Waals surface area contributed by atoms with Crippen LogP contribution in [0, 0.1) is 0 Å². The van der Waals surface area contributed by atoms with Crippen molar-refractivity contribution in [2.45, 2.75) is 50.2 Å². The Balaban J connectivity index is 0.000000277. The molecule has 3 rings (SSSR count). The van der Waals surface area contributed by atoms with Gasteiger partial charge in [-0.15, -0.1) is 0 Å². The van der Waals surface area contributed by atoms with Gasteiger partial charge in [0.05, 0.1) is 6.04 Å². The monoisotopic (exact) mass is 358 g/mol. The van der Waals surface area contributed by atoms with E-state index in [4.69, 9.17) is 9.90 Å². The molecule has 2 fully saturated rings. The minimum Gasteiger partial charge on any atom is -0.475 e. The molecule has 1 saturated heterocycles. The van der Waals surface area contributed by atoms with Crippen LogP contribution >= 0.6 is 0 Å². The molecule has 5 nitrogen and oxygen atoms in total. The van der Waals surface area contributed by atoms with Crippen molar-refractivity contribution in [2.75, 3.05) is 11.9 Å². The van der Waals surface area contributed by atoms with Crippen LogP contribution in [0.2, 0.25) is 0 Å². The normalized spacial score (nSPS) is 20.2. The van der Waals surface area contributed by atoms with Gasteiger partial charge in [-0.3, -0.25) is 4.79 Å². The van der Waals surface area contributed by atoms with Gasteiger partial charge in [-0.1, -0.05) is 18.6 Å². The summed E-state index contributed by atoms with van der Waals surface area (Å²) in [6, 6.07) is 8.31. The Morgan fingerprint density at radius 2 is 1.68 bits per heavy atom. The zero-order valence-electron chi connectivity index (χ0n) is 13.6. The molecule has 1 aromatic carbocycles. The number of anilines is 1. The molecule has 2 aliphatic rings. The minimum atomic E-state index is -5.08. The highest BCUT2D eigenvalue weighted by atomic mass is 19.4. The summed E-state index contributed by atoms with van der Waals surface area (Å²) in [5.74, 6) is -1.88. The van der Waals surface area contributed by atoms with Gasteiger partial charge in [0.2, 0.25) is 5.91 Å². The largest absolute Gasteiger partial charge is 0.490 e. The van der Waals surface area contributed by atoms with E-state index in [2.05, 4.69) is 22.8 Å². The second kappa shape index (κ2) is 8.33. The van der Waals surface area contributed by atoms with E-state index in [0.717, 1.165) is 31.0 Å². The fourth-order valence-electron chi connectivity index (χ4n) is 2.56. The third-order valence-electron chi connectivity index (χ3n) is 4.10. The molecule has 1 aliphatic carbocycles. The van der Waals surface area contributed by atoms with Gasteiger partial charge in [-0.05, 0) is 55.8 Å². The molecule has 1 aromatic rings. The number of alkyl halides is 3. The number of carboxylic acids is 1. The van der Waals surface area contributed by atoms with Crippen molar-refractivity contribution < 1.29 is 27.9 Å². The van der Waals surface area contributed by atoms with E-state index < -0.39 is 12.1 Å². The van der Waals surface area contributed by atoms with E-state index in [1.165, 1.54) is 24.8 Å². The maximum Gasteiger partial charge on any atom is 0.490 e. The number of amides is 1. The van der Waals surface area contributed by atoms with E-state index in [9.17, 15) is 18.0 Å². The molecule has 25 heavy (non-hydrogen) atoms. The average molecular weight is 358 g/mol. The molecule has 0 unspecified atom stereocenters. The highest BCUT2D eigenvalue weighted by molar-refractivity contribution is 5.94. The SMILES string of the molecule is O=C(Nc1ccc(C2CC2)cc1)[C@H]1CCCCN1.O=C(O)C(F)(F)F. The van der Waals surface area contributed by atoms with Crippen LogP contribution in [0.25, 0.3) is 0 Å². The number of nitrogens with one attached hydrogen (secondary N) is 2. The number of halogens is 3. The van der Waals surface area contributed by atoms with E-state index in [1.807, 2.05) is 12.1 Å². The van der Waals surface area contributed by atoms with E-state index in [0.29, 0.717) is 0 Å². The predicted molar refractivity (Wildman–Crippen MR) is 86.4 cm³/mol. The van der Waals surface area contributed by atoms with Crippen molar-refractivity contribution in [3.05, 3.63) is 29.8 Å². The van der Waals surface area contributed by atoms with Gasteiger partial charge in [-0.25, -0.2) is 4.79 Å². The fourth-order valence-corrected chi connectivity index (χ4v) is 2.56. The van der Waals surface area contributed by atoms with Gasteiger partial charge in [-0.2, -0.15) is 13.2 Å². The van der Waals surface area contributed by atoms with Crippen molar-refractivity contribution >= 4 is 17.6 Å². The second-order valence-corrected chi connectivity index (χ2v) is 6.19. The Labute approximate surface area is 143 Å². The van der Waals surface area contributed by atoms with Gasteiger partial charge in [0, 0.05) is 5.69 Å². The van der Waals surface area contributed by atoms with E-state index >= 15 is 0 Å². The molecule has 0 bridgehead atoms. The van der Waals surface area contributed by atoms with Crippen LogP contribution in [-0.4, -0.2) is 35.7 Å². The van der Waals surface area contributed by atoms with Gasteiger partial charge < -0.3 is 15.7 Å². The summed E-state index contributed by atoms with van der Waals surface area (Å²) < 4.78 is 31.7. The van der Waals surface area contributed by atoms with Crippen LogP contribution in [-0.2, 0) is 9.59 Å². The molecule has 1 saturated carbocycles. The Hall–Kier alpha value is -2.09. The first-order chi connectivity index (χ1) is 11.8. The maximum absolute atomic E-state index is 12.0. The van der Waals surface area contributed by atoms with Crippen molar-refractivity contribution in [2.24, 2.45) is 0 Å². The summed E-state index contributed by atoms with van der Waals surface area (Å²) in [6.07, 6.45) is 0.826. The third-order valence-corrected chi connectivity index (χ3v) is 4.10. The Bertz CT molecular complexity index is 592. The highest BCUT2D eigenvalue weighted by Crippen LogP contribution is 2.40. The Kier molecular flexibility index (Phi) is 6.41. The first-order valence-electron chi connectivity index (χ1n) is 8.21. The van der Waals surface area contributed by atoms with Crippen LogP contribution in [0.4, 0.5) is 18.9 Å². The van der Waals surface area contributed by atoms with Gasteiger partial charge in [0.1, 0.15) is 0 Å². The number of aliphatic carboxylic acids is 1. The number of carboxylic acid groups (broad SMARTS) is 1. The molecule has 1 atom stereocenters. The van der Waals surface area contributed by atoms with Gasteiger partial charge in [0.15, 0.2) is 0 Å². The lowest BCUT2D eigenvalue weighted by molar-refractivity contribution is -0.192. The summed E-state index contributed by atoms with van der Waals surface area (Å²) in [7, 11) is 0. The summed E-state index contributed by atoms with van der Waals surface area (Å²) in [5, 5.41) is 13.4. The maximum atomic E-state index is 12.0.